The number of carbonyl (C=O) groups is 1. The van der Waals surface area contributed by atoms with Crippen LogP contribution in [-0.2, 0) is 29.6 Å². The third-order valence-electron chi connectivity index (χ3n) is 5.83. The van der Waals surface area contributed by atoms with Crippen LogP contribution in [0.25, 0.3) is 0 Å². The zero-order chi connectivity index (χ0) is 22.9. The van der Waals surface area contributed by atoms with Gasteiger partial charge in [-0.1, -0.05) is 13.8 Å². The van der Waals surface area contributed by atoms with E-state index in [-0.39, 0.29) is 27.8 Å². The first-order chi connectivity index (χ1) is 14.5. The van der Waals surface area contributed by atoms with Crippen molar-refractivity contribution < 1.29 is 26.4 Å². The fourth-order valence-corrected chi connectivity index (χ4v) is 6.88. The van der Waals surface area contributed by atoms with Crippen LogP contribution in [0.5, 0.6) is 0 Å². The van der Waals surface area contributed by atoms with E-state index in [1.165, 1.54) is 32.9 Å². The maximum Gasteiger partial charge on any atom is 0.243 e. The average molecular weight is 474 g/mol. The van der Waals surface area contributed by atoms with Gasteiger partial charge in [-0.05, 0) is 44.0 Å². The Bertz CT molecular complexity index is 1000. The van der Waals surface area contributed by atoms with Gasteiger partial charge in [0.25, 0.3) is 0 Å². The third-order valence-corrected chi connectivity index (χ3v) is 9.77. The van der Waals surface area contributed by atoms with Crippen molar-refractivity contribution in [2.24, 2.45) is 5.92 Å². The van der Waals surface area contributed by atoms with Gasteiger partial charge in [0.1, 0.15) is 0 Å². The smallest absolute Gasteiger partial charge is 0.243 e. The van der Waals surface area contributed by atoms with Crippen LogP contribution in [0.3, 0.4) is 0 Å². The number of hydrogen-bond acceptors (Lipinski definition) is 6. The van der Waals surface area contributed by atoms with Gasteiger partial charge in [0, 0.05) is 26.2 Å². The Morgan fingerprint density at radius 3 is 2.23 bits per heavy atom. The van der Waals surface area contributed by atoms with Crippen LogP contribution in [0.4, 0.5) is 0 Å². The summed E-state index contributed by atoms with van der Waals surface area (Å²) in [7, 11) is -7.50. The summed E-state index contributed by atoms with van der Waals surface area (Å²) < 4.78 is 59.3. The molecule has 1 aromatic rings. The number of sulfonamides is 2. The summed E-state index contributed by atoms with van der Waals surface area (Å²) in [6.45, 7) is 7.41. The van der Waals surface area contributed by atoms with E-state index in [1.807, 2.05) is 6.92 Å². The summed E-state index contributed by atoms with van der Waals surface area (Å²) in [4.78, 5) is 12.7. The highest BCUT2D eigenvalue weighted by Gasteiger charge is 2.39. The molecule has 0 radical (unpaired) electrons. The Hall–Kier alpha value is -1.53. The van der Waals surface area contributed by atoms with Crippen molar-refractivity contribution in [1.82, 2.24) is 13.9 Å². The highest BCUT2D eigenvalue weighted by atomic mass is 32.2. The Balaban J connectivity index is 1.74. The number of amides is 1. The van der Waals surface area contributed by atoms with Gasteiger partial charge in [-0.15, -0.1) is 0 Å². The van der Waals surface area contributed by atoms with E-state index < -0.39 is 26.0 Å². The molecule has 1 unspecified atom stereocenters. The molecule has 1 amide bonds. The van der Waals surface area contributed by atoms with Crippen molar-refractivity contribution in [2.45, 2.75) is 48.9 Å². The van der Waals surface area contributed by atoms with Gasteiger partial charge in [-0.25, -0.2) is 16.8 Å². The zero-order valence-electron chi connectivity index (χ0n) is 18.2. The van der Waals surface area contributed by atoms with Gasteiger partial charge in [0.05, 0.1) is 34.5 Å². The molecule has 174 valence electrons. The van der Waals surface area contributed by atoms with Crippen LogP contribution in [0.15, 0.2) is 34.1 Å². The highest BCUT2D eigenvalue weighted by Crippen LogP contribution is 2.26. The lowest BCUT2D eigenvalue weighted by atomic mass is 9.95. The second-order valence-electron chi connectivity index (χ2n) is 8.31. The molecule has 2 fully saturated rings. The largest absolute Gasteiger partial charge is 0.376 e. The first-order valence-corrected chi connectivity index (χ1v) is 13.4. The predicted octanol–water partition coefficient (Wildman–Crippen LogP) is 1.02. The van der Waals surface area contributed by atoms with Crippen molar-refractivity contribution >= 4 is 26.0 Å². The number of piperidine rings is 1. The van der Waals surface area contributed by atoms with E-state index in [0.717, 1.165) is 0 Å². The molecule has 31 heavy (non-hydrogen) atoms. The molecule has 11 heteroatoms. The average Bonchev–Trinajstić information content (AvgIpc) is 2.73. The lowest BCUT2D eigenvalue weighted by molar-refractivity contribution is -0.136. The number of ether oxygens (including phenoxy) is 1. The fourth-order valence-electron chi connectivity index (χ4n) is 3.90. The quantitative estimate of drug-likeness (QED) is 0.603. The molecule has 0 aromatic heterocycles. The number of carbonyl (C=O) groups excluding carboxylic acids is 1. The molecule has 0 bridgehead atoms. The second kappa shape index (κ2) is 9.14. The molecule has 1 N–H and O–H groups in total. The molecule has 2 aliphatic heterocycles. The minimum absolute atomic E-state index is 0.0198. The summed E-state index contributed by atoms with van der Waals surface area (Å²) in [5.74, 6) is -0.588. The Kier molecular flexibility index (Phi) is 7.11. The molecule has 2 aliphatic rings. The number of hydrogen-bond donors (Lipinski definition) is 1. The first-order valence-electron chi connectivity index (χ1n) is 10.5. The predicted molar refractivity (Wildman–Crippen MR) is 115 cm³/mol. The maximum atomic E-state index is 13.1. The molecule has 2 heterocycles. The molecular weight excluding hydrogens is 442 g/mol. The first kappa shape index (κ1) is 24.1. The van der Waals surface area contributed by atoms with Crippen molar-refractivity contribution in [3.63, 3.8) is 0 Å². The summed E-state index contributed by atoms with van der Waals surface area (Å²) in [6.07, 6.45) is 1.20. The SMILES string of the molecule is CCN(CC)S(=O)(=O)c1ccc(S(=O)(=O)N2CCCC(C(=O)NC3(C)COC3)C2)cc1. The van der Waals surface area contributed by atoms with Crippen LogP contribution in [-0.4, -0.2) is 76.3 Å². The molecule has 0 spiro atoms. The van der Waals surface area contributed by atoms with Gasteiger partial charge >= 0.3 is 0 Å². The number of nitrogens with one attached hydrogen (secondary N) is 1. The number of benzene rings is 1. The van der Waals surface area contributed by atoms with E-state index in [4.69, 9.17) is 4.74 Å². The normalized spacial score (nSPS) is 22.1. The van der Waals surface area contributed by atoms with Crippen LogP contribution >= 0.6 is 0 Å². The number of rotatable bonds is 8. The van der Waals surface area contributed by atoms with Gasteiger partial charge in [0.2, 0.25) is 26.0 Å². The molecule has 0 saturated carbocycles. The van der Waals surface area contributed by atoms with Crippen molar-refractivity contribution in [3.8, 4) is 0 Å². The van der Waals surface area contributed by atoms with Crippen molar-refractivity contribution in [1.29, 1.82) is 0 Å². The third kappa shape index (κ3) is 4.95. The van der Waals surface area contributed by atoms with Crippen LogP contribution in [0.1, 0.15) is 33.6 Å². The summed E-state index contributed by atoms with van der Waals surface area (Å²) >= 11 is 0. The van der Waals surface area contributed by atoms with E-state index in [1.54, 1.807) is 13.8 Å². The fraction of sp³-hybridized carbons (Fsp3) is 0.650. The van der Waals surface area contributed by atoms with Gasteiger partial charge in [-0.2, -0.15) is 8.61 Å². The zero-order valence-corrected chi connectivity index (χ0v) is 19.8. The Morgan fingerprint density at radius 1 is 1.13 bits per heavy atom. The molecule has 9 nitrogen and oxygen atoms in total. The summed E-state index contributed by atoms with van der Waals surface area (Å²) in [6, 6.07) is 5.29. The highest BCUT2D eigenvalue weighted by molar-refractivity contribution is 7.89. The van der Waals surface area contributed by atoms with Crippen molar-refractivity contribution in [3.05, 3.63) is 24.3 Å². The van der Waals surface area contributed by atoms with Crippen LogP contribution in [0, 0.1) is 5.92 Å². The molecule has 2 saturated heterocycles. The van der Waals surface area contributed by atoms with E-state index in [2.05, 4.69) is 5.32 Å². The van der Waals surface area contributed by atoms with E-state index >= 15 is 0 Å². The molecule has 0 aliphatic carbocycles. The molecule has 1 atom stereocenters. The molecule has 1 aromatic carbocycles. The van der Waals surface area contributed by atoms with Gasteiger partial charge in [0.15, 0.2) is 0 Å². The second-order valence-corrected chi connectivity index (χ2v) is 12.2. The lowest BCUT2D eigenvalue weighted by Gasteiger charge is -2.40. The Labute approximate surface area is 184 Å². The number of nitrogens with zero attached hydrogens (tertiary/aromatic N) is 2. The molecular formula is C20H31N3O6S2. The monoisotopic (exact) mass is 473 g/mol. The van der Waals surface area contributed by atoms with Gasteiger partial charge in [-0.3, -0.25) is 4.79 Å². The summed E-state index contributed by atoms with van der Waals surface area (Å²) in [5, 5.41) is 2.96. The standard InChI is InChI=1S/C20H31N3O6S2/c1-4-22(5-2)30(25,26)17-8-10-18(11-9-17)31(27,28)23-12-6-7-16(13-23)19(24)21-20(3)14-29-15-20/h8-11,16H,4-7,12-15H2,1-3H3,(H,21,24). The van der Waals surface area contributed by atoms with Crippen molar-refractivity contribution in [2.75, 3.05) is 39.4 Å². The van der Waals surface area contributed by atoms with Crippen LogP contribution < -0.4 is 5.32 Å². The maximum absolute atomic E-state index is 13.1. The minimum atomic E-state index is -3.84. The minimum Gasteiger partial charge on any atom is -0.376 e. The van der Waals surface area contributed by atoms with Gasteiger partial charge < -0.3 is 10.1 Å². The summed E-state index contributed by atoms with van der Waals surface area (Å²) in [5.41, 5.74) is -0.385. The lowest BCUT2D eigenvalue weighted by Crippen LogP contribution is -2.61. The Morgan fingerprint density at radius 2 is 1.71 bits per heavy atom. The molecule has 3 rings (SSSR count). The van der Waals surface area contributed by atoms with E-state index in [9.17, 15) is 21.6 Å². The van der Waals surface area contributed by atoms with Crippen LogP contribution in [0.2, 0.25) is 0 Å². The topological polar surface area (TPSA) is 113 Å². The van der Waals surface area contributed by atoms with E-state index in [0.29, 0.717) is 45.7 Å².